The van der Waals surface area contributed by atoms with Gasteiger partial charge in [-0.2, -0.15) is 10.2 Å². The van der Waals surface area contributed by atoms with Crippen LogP contribution in [0, 0.1) is 11.3 Å². The fourth-order valence-electron chi connectivity index (χ4n) is 2.46. The molecule has 0 saturated carbocycles. The molecule has 2 aromatic rings. The minimum Gasteiger partial charge on any atom is -0.493 e. The highest BCUT2D eigenvalue weighted by atomic mass is 16.5. The largest absolute Gasteiger partial charge is 0.493 e. The highest BCUT2D eigenvalue weighted by Crippen LogP contribution is 2.34. The summed E-state index contributed by atoms with van der Waals surface area (Å²) in [7, 11) is 1.57. The van der Waals surface area contributed by atoms with Crippen LogP contribution >= 0.6 is 0 Å². The van der Waals surface area contributed by atoms with Crippen molar-refractivity contribution in [2.75, 3.05) is 25.2 Å². The molecule has 1 aromatic carbocycles. The Bertz CT molecular complexity index is 771. The van der Waals surface area contributed by atoms with Gasteiger partial charge in [-0.3, -0.25) is 0 Å². The van der Waals surface area contributed by atoms with Crippen molar-refractivity contribution in [2.24, 2.45) is 0 Å². The number of unbranched alkanes of at least 4 members (excludes halogenated alkanes) is 3. The molecule has 0 radical (unpaired) electrons. The number of aromatic nitrogens is 2. The van der Waals surface area contributed by atoms with Crippen LogP contribution in [-0.2, 0) is 0 Å². The number of nitrogens with two attached hydrogens (primary N) is 2. The van der Waals surface area contributed by atoms with Gasteiger partial charge in [0.05, 0.1) is 19.4 Å². The molecular weight excluding hydrogens is 318 g/mol. The van der Waals surface area contributed by atoms with E-state index in [0.29, 0.717) is 29.4 Å². The molecule has 0 saturated heterocycles. The van der Waals surface area contributed by atoms with Crippen molar-refractivity contribution < 1.29 is 9.47 Å². The molecule has 7 heteroatoms. The lowest BCUT2D eigenvalue weighted by atomic mass is 10.1. The van der Waals surface area contributed by atoms with Crippen LogP contribution in [0.15, 0.2) is 18.2 Å². The van der Waals surface area contributed by atoms with Gasteiger partial charge >= 0.3 is 0 Å². The molecule has 0 aliphatic heterocycles. The number of hydrogen-bond acceptors (Lipinski definition) is 7. The first-order chi connectivity index (χ1) is 12.1. The van der Waals surface area contributed by atoms with Crippen LogP contribution in [-0.4, -0.2) is 23.7 Å². The van der Waals surface area contributed by atoms with E-state index in [1.165, 1.54) is 12.8 Å². The number of nitrogens with zero attached hydrogens (tertiary/aromatic N) is 3. The third kappa shape index (κ3) is 4.51. The first-order valence-electron chi connectivity index (χ1n) is 8.25. The van der Waals surface area contributed by atoms with Crippen LogP contribution in [0.3, 0.4) is 0 Å². The standard InChI is InChI=1S/C18H23N5O2/c1-3-4-5-6-9-25-14-8-7-12(10-15(14)24-2)16-13(11-19)17(20)23-18(21)22-16/h7-8,10H,3-6,9H2,1-2H3,(H4,20,21,22,23). The Balaban J connectivity index is 2.26. The van der Waals surface area contributed by atoms with E-state index in [9.17, 15) is 5.26 Å². The monoisotopic (exact) mass is 341 g/mol. The van der Waals surface area contributed by atoms with Crippen molar-refractivity contribution in [1.29, 1.82) is 5.26 Å². The van der Waals surface area contributed by atoms with Crippen molar-refractivity contribution in [3.63, 3.8) is 0 Å². The van der Waals surface area contributed by atoms with Gasteiger partial charge in [-0.1, -0.05) is 26.2 Å². The van der Waals surface area contributed by atoms with Crippen molar-refractivity contribution in [1.82, 2.24) is 9.97 Å². The van der Waals surface area contributed by atoms with Gasteiger partial charge in [0.2, 0.25) is 5.95 Å². The zero-order chi connectivity index (χ0) is 18.2. The summed E-state index contributed by atoms with van der Waals surface area (Å²) in [5.74, 6) is 1.28. The maximum absolute atomic E-state index is 9.31. The number of benzene rings is 1. The minimum atomic E-state index is 0.0155. The molecule has 0 atom stereocenters. The number of rotatable bonds is 8. The Morgan fingerprint density at radius 2 is 1.92 bits per heavy atom. The Labute approximate surface area is 147 Å². The van der Waals surface area contributed by atoms with Crippen molar-refractivity contribution in [2.45, 2.75) is 32.6 Å². The molecule has 0 aliphatic carbocycles. The second kappa shape index (κ2) is 8.73. The zero-order valence-corrected chi connectivity index (χ0v) is 14.6. The first-order valence-corrected chi connectivity index (χ1v) is 8.25. The Morgan fingerprint density at radius 1 is 1.12 bits per heavy atom. The number of methoxy groups -OCH3 is 1. The van der Waals surface area contributed by atoms with Crippen molar-refractivity contribution in [3.05, 3.63) is 23.8 Å². The van der Waals surface area contributed by atoms with E-state index in [1.807, 2.05) is 6.07 Å². The molecule has 1 heterocycles. The quantitative estimate of drug-likeness (QED) is 0.707. The van der Waals surface area contributed by atoms with Gasteiger partial charge in [-0.25, -0.2) is 4.98 Å². The average molecular weight is 341 g/mol. The van der Waals surface area contributed by atoms with Crippen LogP contribution < -0.4 is 20.9 Å². The van der Waals surface area contributed by atoms with Gasteiger partial charge in [0.1, 0.15) is 17.5 Å². The normalized spacial score (nSPS) is 10.3. The summed E-state index contributed by atoms with van der Waals surface area (Å²) in [6, 6.07) is 7.36. The molecule has 2 rings (SSSR count). The van der Waals surface area contributed by atoms with Crippen LogP contribution in [0.1, 0.15) is 38.2 Å². The smallest absolute Gasteiger partial charge is 0.222 e. The van der Waals surface area contributed by atoms with Crippen LogP contribution in [0.4, 0.5) is 11.8 Å². The highest BCUT2D eigenvalue weighted by molar-refractivity contribution is 5.74. The molecule has 0 spiro atoms. The van der Waals surface area contributed by atoms with Gasteiger partial charge in [-0.15, -0.1) is 0 Å². The third-order valence-corrected chi connectivity index (χ3v) is 3.76. The summed E-state index contributed by atoms with van der Waals surface area (Å²) in [5.41, 5.74) is 12.6. The highest BCUT2D eigenvalue weighted by Gasteiger charge is 2.15. The molecule has 1 aromatic heterocycles. The van der Waals surface area contributed by atoms with Crippen molar-refractivity contribution in [3.8, 4) is 28.8 Å². The van der Waals surface area contributed by atoms with Gasteiger partial charge in [0.25, 0.3) is 0 Å². The molecule has 7 nitrogen and oxygen atoms in total. The lowest BCUT2D eigenvalue weighted by molar-refractivity contribution is 0.285. The number of nitriles is 1. The summed E-state index contributed by atoms with van der Waals surface area (Å²) in [6.07, 6.45) is 4.52. The molecule has 132 valence electrons. The van der Waals surface area contributed by atoms with E-state index in [4.69, 9.17) is 20.9 Å². The topological polar surface area (TPSA) is 120 Å². The summed E-state index contributed by atoms with van der Waals surface area (Å²) in [5, 5.41) is 9.31. The first kappa shape index (κ1) is 18.3. The van der Waals surface area contributed by atoms with Gasteiger partial charge < -0.3 is 20.9 Å². The summed E-state index contributed by atoms with van der Waals surface area (Å²) in [6.45, 7) is 2.80. The lowest BCUT2D eigenvalue weighted by Crippen LogP contribution is -2.05. The molecule has 0 amide bonds. The van der Waals surface area contributed by atoms with E-state index in [2.05, 4.69) is 16.9 Å². The van der Waals surface area contributed by atoms with Crippen LogP contribution in [0.2, 0.25) is 0 Å². The molecule has 0 unspecified atom stereocenters. The summed E-state index contributed by atoms with van der Waals surface area (Å²) < 4.78 is 11.2. The summed E-state index contributed by atoms with van der Waals surface area (Å²) in [4.78, 5) is 7.97. The maximum atomic E-state index is 9.31. The molecule has 0 fully saturated rings. The predicted octanol–water partition coefficient (Wildman–Crippen LogP) is 3.15. The van der Waals surface area contributed by atoms with Crippen LogP contribution in [0.5, 0.6) is 11.5 Å². The molecule has 0 bridgehead atoms. The van der Waals surface area contributed by atoms with E-state index < -0.39 is 0 Å². The molecular formula is C18H23N5O2. The van der Waals surface area contributed by atoms with Gasteiger partial charge in [0, 0.05) is 5.56 Å². The van der Waals surface area contributed by atoms with Crippen LogP contribution in [0.25, 0.3) is 11.3 Å². The average Bonchev–Trinajstić information content (AvgIpc) is 2.61. The number of hydrogen-bond donors (Lipinski definition) is 2. The van der Waals surface area contributed by atoms with E-state index in [1.54, 1.807) is 25.3 Å². The Morgan fingerprint density at radius 3 is 2.60 bits per heavy atom. The van der Waals surface area contributed by atoms with E-state index >= 15 is 0 Å². The number of anilines is 2. The van der Waals surface area contributed by atoms with Gasteiger partial charge in [-0.05, 0) is 24.6 Å². The number of nitrogen functional groups attached to an aromatic ring is 2. The fourth-order valence-corrected chi connectivity index (χ4v) is 2.46. The Kier molecular flexibility index (Phi) is 6.40. The predicted molar refractivity (Wildman–Crippen MR) is 97.2 cm³/mol. The maximum Gasteiger partial charge on any atom is 0.222 e. The SMILES string of the molecule is CCCCCCOc1ccc(-c2nc(N)nc(N)c2C#N)cc1OC. The minimum absolute atomic E-state index is 0.0155. The van der Waals surface area contributed by atoms with Gasteiger partial charge in [0.15, 0.2) is 11.5 Å². The molecule has 25 heavy (non-hydrogen) atoms. The fraction of sp³-hybridized carbons (Fsp3) is 0.389. The second-order valence-corrected chi connectivity index (χ2v) is 5.58. The lowest BCUT2D eigenvalue weighted by Gasteiger charge is -2.13. The van der Waals surface area contributed by atoms with Crippen molar-refractivity contribution >= 4 is 11.8 Å². The van der Waals surface area contributed by atoms with E-state index in [0.717, 1.165) is 12.8 Å². The summed E-state index contributed by atoms with van der Waals surface area (Å²) >= 11 is 0. The number of ether oxygens (including phenoxy) is 2. The molecule has 4 N–H and O–H groups in total. The molecule has 0 aliphatic rings. The Hall–Kier alpha value is -3.01. The second-order valence-electron chi connectivity index (χ2n) is 5.58. The zero-order valence-electron chi connectivity index (χ0n) is 14.6. The third-order valence-electron chi connectivity index (χ3n) is 3.76. The van der Waals surface area contributed by atoms with E-state index in [-0.39, 0.29) is 17.3 Å².